The molecule has 15 heavy (non-hydrogen) atoms. The van der Waals surface area contributed by atoms with Crippen LogP contribution in [0.4, 0.5) is 0 Å². The molecule has 0 aromatic heterocycles. The number of benzene rings is 1. The van der Waals surface area contributed by atoms with Gasteiger partial charge >= 0.3 is 0 Å². The van der Waals surface area contributed by atoms with Crippen molar-refractivity contribution in [3.05, 3.63) is 23.3 Å². The zero-order valence-electron chi connectivity index (χ0n) is 9.33. The third-order valence-electron chi connectivity index (χ3n) is 2.54. The number of fused-ring (bicyclic) bond motifs is 1. The van der Waals surface area contributed by atoms with Gasteiger partial charge in [0.2, 0.25) is 0 Å². The topological polar surface area (TPSA) is 38.7 Å². The van der Waals surface area contributed by atoms with Gasteiger partial charge in [0.25, 0.3) is 0 Å². The summed E-state index contributed by atoms with van der Waals surface area (Å²) < 4.78 is 11.1. The smallest absolute Gasteiger partial charge is 0.167 e. The van der Waals surface area contributed by atoms with E-state index in [-0.39, 0.29) is 0 Å². The first kappa shape index (κ1) is 10.3. The Hall–Kier alpha value is -1.22. The van der Waals surface area contributed by atoms with Gasteiger partial charge in [-0.25, -0.2) is 0 Å². The van der Waals surface area contributed by atoms with E-state index in [4.69, 9.17) is 9.47 Å². The number of ether oxygens (including phenoxy) is 2. The van der Waals surface area contributed by atoms with Crippen molar-refractivity contribution >= 4 is 0 Å². The molecule has 1 aromatic rings. The van der Waals surface area contributed by atoms with Crippen LogP contribution in [-0.4, -0.2) is 18.3 Å². The molecule has 3 nitrogen and oxygen atoms in total. The average molecular weight is 208 g/mol. The maximum atomic E-state index is 10.0. The van der Waals surface area contributed by atoms with Gasteiger partial charge in [0.05, 0.1) is 5.60 Å². The summed E-state index contributed by atoms with van der Waals surface area (Å²) >= 11 is 0. The van der Waals surface area contributed by atoms with Crippen molar-refractivity contribution in [3.63, 3.8) is 0 Å². The van der Waals surface area contributed by atoms with Crippen LogP contribution in [0.15, 0.2) is 12.1 Å². The Bertz CT molecular complexity index is 377. The van der Waals surface area contributed by atoms with E-state index in [0.29, 0.717) is 19.0 Å². The Labute approximate surface area is 89.6 Å². The van der Waals surface area contributed by atoms with Gasteiger partial charge in [0, 0.05) is 5.56 Å². The Morgan fingerprint density at radius 2 is 1.73 bits per heavy atom. The van der Waals surface area contributed by atoms with Gasteiger partial charge in [-0.3, -0.25) is 0 Å². The maximum Gasteiger partial charge on any atom is 0.167 e. The fourth-order valence-electron chi connectivity index (χ4n) is 1.75. The Morgan fingerprint density at radius 1 is 1.13 bits per heavy atom. The molecule has 0 amide bonds. The molecular formula is C12H16O3. The normalized spacial score (nSPS) is 15.2. The molecule has 0 saturated heterocycles. The Balaban J connectivity index is 2.58. The summed E-state index contributed by atoms with van der Waals surface area (Å²) in [5.41, 5.74) is 0.916. The third kappa shape index (κ3) is 1.79. The van der Waals surface area contributed by atoms with Crippen LogP contribution in [0.5, 0.6) is 11.5 Å². The molecule has 1 heterocycles. The second kappa shape index (κ2) is 3.42. The molecule has 0 atom stereocenters. The SMILES string of the molecule is Cc1ccc(C(C)(C)O)c2c1OCCO2. The van der Waals surface area contributed by atoms with Crippen LogP contribution < -0.4 is 9.47 Å². The molecular weight excluding hydrogens is 192 g/mol. The molecule has 0 spiro atoms. The largest absolute Gasteiger partial charge is 0.486 e. The quantitative estimate of drug-likeness (QED) is 0.767. The molecule has 1 aliphatic rings. The maximum absolute atomic E-state index is 10.0. The van der Waals surface area contributed by atoms with Crippen molar-refractivity contribution in [1.29, 1.82) is 0 Å². The van der Waals surface area contributed by atoms with Crippen molar-refractivity contribution < 1.29 is 14.6 Å². The van der Waals surface area contributed by atoms with Crippen molar-refractivity contribution in [3.8, 4) is 11.5 Å². The second-order valence-electron chi connectivity index (χ2n) is 4.34. The zero-order chi connectivity index (χ0) is 11.1. The van der Waals surface area contributed by atoms with Gasteiger partial charge in [0.1, 0.15) is 13.2 Å². The summed E-state index contributed by atoms with van der Waals surface area (Å²) in [6.45, 7) is 6.58. The minimum absolute atomic E-state index is 0.541. The van der Waals surface area contributed by atoms with Crippen LogP contribution in [-0.2, 0) is 5.60 Å². The predicted octanol–water partition coefficient (Wildman–Crippen LogP) is 1.99. The molecule has 0 radical (unpaired) electrons. The molecule has 0 fully saturated rings. The third-order valence-corrected chi connectivity index (χ3v) is 2.54. The van der Waals surface area contributed by atoms with E-state index in [0.717, 1.165) is 16.9 Å². The van der Waals surface area contributed by atoms with Crippen molar-refractivity contribution in [2.45, 2.75) is 26.4 Å². The van der Waals surface area contributed by atoms with E-state index in [9.17, 15) is 5.11 Å². The van der Waals surface area contributed by atoms with Gasteiger partial charge < -0.3 is 14.6 Å². The van der Waals surface area contributed by atoms with Crippen molar-refractivity contribution in [1.82, 2.24) is 0 Å². The van der Waals surface area contributed by atoms with Gasteiger partial charge in [0.15, 0.2) is 11.5 Å². The van der Waals surface area contributed by atoms with E-state index in [1.54, 1.807) is 13.8 Å². The van der Waals surface area contributed by atoms with Crippen LogP contribution in [0.1, 0.15) is 25.0 Å². The molecule has 2 rings (SSSR count). The standard InChI is InChI=1S/C12H16O3/c1-8-4-5-9(12(2,3)13)11-10(8)14-6-7-15-11/h4-5,13H,6-7H2,1-3H3. The minimum atomic E-state index is -0.904. The first-order valence-electron chi connectivity index (χ1n) is 5.12. The number of aliphatic hydroxyl groups is 1. The number of hydrogen-bond donors (Lipinski definition) is 1. The van der Waals surface area contributed by atoms with Crippen LogP contribution >= 0.6 is 0 Å². The van der Waals surface area contributed by atoms with E-state index < -0.39 is 5.60 Å². The van der Waals surface area contributed by atoms with Crippen LogP contribution in [0.3, 0.4) is 0 Å². The molecule has 3 heteroatoms. The fraction of sp³-hybridized carbons (Fsp3) is 0.500. The summed E-state index contributed by atoms with van der Waals surface area (Å²) in [5, 5.41) is 10.0. The average Bonchev–Trinajstić information content (AvgIpc) is 2.17. The number of rotatable bonds is 1. The second-order valence-corrected chi connectivity index (χ2v) is 4.34. The summed E-state index contributed by atoms with van der Waals surface area (Å²) in [7, 11) is 0. The lowest BCUT2D eigenvalue weighted by atomic mass is 9.95. The lowest BCUT2D eigenvalue weighted by Gasteiger charge is -2.27. The summed E-state index contributed by atoms with van der Waals surface area (Å²) in [4.78, 5) is 0. The van der Waals surface area contributed by atoms with E-state index in [1.165, 1.54) is 0 Å². The highest BCUT2D eigenvalue weighted by Crippen LogP contribution is 2.41. The Kier molecular flexibility index (Phi) is 2.35. The van der Waals surface area contributed by atoms with E-state index in [1.807, 2.05) is 19.1 Å². The molecule has 0 saturated carbocycles. The molecule has 0 aliphatic carbocycles. The predicted molar refractivity (Wildman–Crippen MR) is 57.4 cm³/mol. The van der Waals surface area contributed by atoms with Crippen LogP contribution in [0, 0.1) is 6.92 Å². The number of hydrogen-bond acceptors (Lipinski definition) is 3. The summed E-state index contributed by atoms with van der Waals surface area (Å²) in [6, 6.07) is 3.84. The van der Waals surface area contributed by atoms with Gasteiger partial charge in [-0.15, -0.1) is 0 Å². The highest BCUT2D eigenvalue weighted by Gasteiger charge is 2.26. The highest BCUT2D eigenvalue weighted by atomic mass is 16.6. The lowest BCUT2D eigenvalue weighted by Crippen LogP contribution is -2.22. The Morgan fingerprint density at radius 3 is 2.33 bits per heavy atom. The van der Waals surface area contributed by atoms with Crippen LogP contribution in [0.2, 0.25) is 0 Å². The first-order valence-corrected chi connectivity index (χ1v) is 5.12. The summed E-state index contributed by atoms with van der Waals surface area (Å²) in [5.74, 6) is 1.45. The van der Waals surface area contributed by atoms with Crippen molar-refractivity contribution in [2.24, 2.45) is 0 Å². The zero-order valence-corrected chi connectivity index (χ0v) is 9.33. The highest BCUT2D eigenvalue weighted by molar-refractivity contribution is 5.53. The monoisotopic (exact) mass is 208 g/mol. The summed E-state index contributed by atoms with van der Waals surface area (Å²) in [6.07, 6.45) is 0. The number of aryl methyl sites for hydroxylation is 1. The van der Waals surface area contributed by atoms with Crippen molar-refractivity contribution in [2.75, 3.05) is 13.2 Å². The molecule has 1 aromatic carbocycles. The van der Waals surface area contributed by atoms with Crippen LogP contribution in [0.25, 0.3) is 0 Å². The molecule has 0 bridgehead atoms. The van der Waals surface area contributed by atoms with Gasteiger partial charge in [-0.05, 0) is 26.3 Å². The molecule has 82 valence electrons. The molecule has 0 unspecified atom stereocenters. The van der Waals surface area contributed by atoms with E-state index >= 15 is 0 Å². The van der Waals surface area contributed by atoms with E-state index in [2.05, 4.69) is 0 Å². The molecule has 1 aliphatic heterocycles. The molecule has 1 N–H and O–H groups in total. The fourth-order valence-corrected chi connectivity index (χ4v) is 1.75. The van der Waals surface area contributed by atoms with Gasteiger partial charge in [-0.2, -0.15) is 0 Å². The minimum Gasteiger partial charge on any atom is -0.486 e. The lowest BCUT2D eigenvalue weighted by molar-refractivity contribution is 0.0702. The van der Waals surface area contributed by atoms with Gasteiger partial charge in [-0.1, -0.05) is 12.1 Å². The first-order chi connectivity index (χ1) is 7.00.